The molecular formula is C14H28O2. The predicted octanol–water partition coefficient (Wildman–Crippen LogP) is 3.71. The van der Waals surface area contributed by atoms with Crippen LogP contribution in [0.25, 0.3) is 0 Å². The van der Waals surface area contributed by atoms with Gasteiger partial charge in [0.2, 0.25) is 0 Å². The summed E-state index contributed by atoms with van der Waals surface area (Å²) < 4.78 is 0. The number of unbranched alkanes of at least 4 members (excludes halogenated alkanes) is 7. The molecule has 96 valence electrons. The van der Waals surface area contributed by atoms with Gasteiger partial charge < -0.3 is 5.11 Å². The van der Waals surface area contributed by atoms with Crippen LogP contribution in [0.1, 0.15) is 71.6 Å². The van der Waals surface area contributed by atoms with E-state index in [1.165, 1.54) is 32.1 Å². The molecule has 2 nitrogen and oxygen atoms in total. The van der Waals surface area contributed by atoms with Gasteiger partial charge in [0, 0.05) is 18.9 Å². The van der Waals surface area contributed by atoms with Crippen LogP contribution in [0, 0.1) is 5.92 Å². The van der Waals surface area contributed by atoms with Gasteiger partial charge in [-0.3, -0.25) is 4.79 Å². The fraction of sp³-hybridized carbons (Fsp3) is 0.929. The highest BCUT2D eigenvalue weighted by Crippen LogP contribution is 2.11. The zero-order chi connectivity index (χ0) is 12.2. The Labute approximate surface area is 100 Å². The molecule has 0 heterocycles. The maximum Gasteiger partial charge on any atom is 0.135 e. The molecule has 1 N–H and O–H groups in total. The van der Waals surface area contributed by atoms with Crippen molar-refractivity contribution >= 4 is 5.78 Å². The summed E-state index contributed by atoms with van der Waals surface area (Å²) in [5, 5.41) is 8.60. The minimum Gasteiger partial charge on any atom is -0.396 e. The topological polar surface area (TPSA) is 37.3 Å². The first-order chi connectivity index (χ1) is 7.68. The first-order valence-corrected chi connectivity index (χ1v) is 6.82. The Balaban J connectivity index is 3.07. The number of hydrogen-bond donors (Lipinski definition) is 1. The van der Waals surface area contributed by atoms with E-state index < -0.39 is 0 Å². The summed E-state index contributed by atoms with van der Waals surface area (Å²) in [7, 11) is 0. The Kier molecular flexibility index (Phi) is 10.9. The summed E-state index contributed by atoms with van der Waals surface area (Å²) in [4.78, 5) is 11.3. The number of ketones is 1. The van der Waals surface area contributed by atoms with Gasteiger partial charge >= 0.3 is 0 Å². The molecule has 0 rings (SSSR count). The Morgan fingerprint density at radius 1 is 0.875 bits per heavy atom. The molecule has 0 aromatic carbocycles. The molecule has 0 amide bonds. The largest absolute Gasteiger partial charge is 0.396 e. The Morgan fingerprint density at radius 3 is 1.75 bits per heavy atom. The summed E-state index contributed by atoms with van der Waals surface area (Å²) in [6.07, 6.45) is 10.2. The lowest BCUT2D eigenvalue weighted by atomic mass is 10.0. The molecule has 0 aliphatic rings. The standard InChI is InChI=1S/C14H28O2/c1-13(2)14(16)11-9-7-5-3-4-6-8-10-12-15/h13,15H,3-12H2,1-2H3. The molecule has 0 saturated carbocycles. The first kappa shape index (κ1) is 15.6. The lowest BCUT2D eigenvalue weighted by molar-refractivity contribution is -0.122. The normalized spacial score (nSPS) is 11.0. The van der Waals surface area contributed by atoms with Crippen molar-refractivity contribution in [3.05, 3.63) is 0 Å². The van der Waals surface area contributed by atoms with E-state index in [-0.39, 0.29) is 5.92 Å². The van der Waals surface area contributed by atoms with Gasteiger partial charge in [0.15, 0.2) is 0 Å². The van der Waals surface area contributed by atoms with Gasteiger partial charge in [0.1, 0.15) is 5.78 Å². The van der Waals surface area contributed by atoms with Crippen molar-refractivity contribution in [2.24, 2.45) is 5.92 Å². The molecule has 0 bridgehead atoms. The molecule has 0 aliphatic heterocycles. The summed E-state index contributed by atoms with van der Waals surface area (Å²) in [6.45, 7) is 4.28. The van der Waals surface area contributed by atoms with Crippen LogP contribution in [-0.2, 0) is 4.79 Å². The Bertz CT molecular complexity index is 164. The van der Waals surface area contributed by atoms with Gasteiger partial charge in [-0.1, -0.05) is 52.4 Å². The summed E-state index contributed by atoms with van der Waals surface area (Å²) in [5.41, 5.74) is 0. The van der Waals surface area contributed by atoms with Crippen molar-refractivity contribution in [3.63, 3.8) is 0 Å². The van der Waals surface area contributed by atoms with E-state index in [0.717, 1.165) is 25.7 Å². The lowest BCUT2D eigenvalue weighted by Gasteiger charge is -2.04. The molecule has 0 atom stereocenters. The van der Waals surface area contributed by atoms with Gasteiger partial charge in [-0.15, -0.1) is 0 Å². The number of carbonyl (C=O) groups excluding carboxylic acids is 1. The molecule has 0 saturated heterocycles. The molecule has 0 aromatic rings. The fourth-order valence-electron chi connectivity index (χ4n) is 1.76. The molecule has 0 unspecified atom stereocenters. The van der Waals surface area contributed by atoms with E-state index in [1.54, 1.807) is 0 Å². The second kappa shape index (κ2) is 11.1. The van der Waals surface area contributed by atoms with Crippen molar-refractivity contribution in [2.45, 2.75) is 71.6 Å². The van der Waals surface area contributed by atoms with E-state index >= 15 is 0 Å². The zero-order valence-corrected chi connectivity index (χ0v) is 11.0. The minimum absolute atomic E-state index is 0.207. The van der Waals surface area contributed by atoms with Crippen molar-refractivity contribution in [3.8, 4) is 0 Å². The van der Waals surface area contributed by atoms with E-state index in [9.17, 15) is 4.79 Å². The Morgan fingerprint density at radius 2 is 1.31 bits per heavy atom. The highest BCUT2D eigenvalue weighted by molar-refractivity contribution is 5.80. The van der Waals surface area contributed by atoms with Crippen LogP contribution in [0.15, 0.2) is 0 Å². The fourth-order valence-corrected chi connectivity index (χ4v) is 1.76. The molecule has 2 heteroatoms. The van der Waals surface area contributed by atoms with Crippen molar-refractivity contribution in [1.29, 1.82) is 0 Å². The number of hydrogen-bond acceptors (Lipinski definition) is 2. The van der Waals surface area contributed by atoms with E-state index in [4.69, 9.17) is 5.11 Å². The smallest absolute Gasteiger partial charge is 0.135 e. The number of aliphatic hydroxyl groups excluding tert-OH is 1. The summed E-state index contributed by atoms with van der Waals surface area (Å²) in [6, 6.07) is 0. The van der Waals surface area contributed by atoms with E-state index in [1.807, 2.05) is 13.8 Å². The van der Waals surface area contributed by atoms with Gasteiger partial charge in [-0.2, -0.15) is 0 Å². The number of carbonyl (C=O) groups is 1. The van der Waals surface area contributed by atoms with Crippen LogP contribution in [-0.4, -0.2) is 17.5 Å². The summed E-state index contributed by atoms with van der Waals surface area (Å²) in [5.74, 6) is 0.612. The average Bonchev–Trinajstić information content (AvgIpc) is 2.26. The van der Waals surface area contributed by atoms with Crippen LogP contribution in [0.2, 0.25) is 0 Å². The average molecular weight is 228 g/mol. The predicted molar refractivity (Wildman–Crippen MR) is 68.5 cm³/mol. The SMILES string of the molecule is CC(C)C(=O)CCCCCCCCCCO. The van der Waals surface area contributed by atoms with Gasteiger partial charge in [0.05, 0.1) is 0 Å². The van der Waals surface area contributed by atoms with E-state index in [2.05, 4.69) is 0 Å². The van der Waals surface area contributed by atoms with Crippen LogP contribution in [0.5, 0.6) is 0 Å². The van der Waals surface area contributed by atoms with Crippen LogP contribution >= 0.6 is 0 Å². The van der Waals surface area contributed by atoms with Crippen LogP contribution in [0.4, 0.5) is 0 Å². The van der Waals surface area contributed by atoms with Crippen LogP contribution < -0.4 is 0 Å². The molecular weight excluding hydrogens is 200 g/mol. The molecule has 0 radical (unpaired) electrons. The highest BCUT2D eigenvalue weighted by atomic mass is 16.2. The summed E-state index contributed by atoms with van der Waals surface area (Å²) >= 11 is 0. The zero-order valence-electron chi connectivity index (χ0n) is 11.0. The third kappa shape index (κ3) is 10.2. The number of Topliss-reactive ketones (excluding diaryl/α,β-unsaturated/α-hetero) is 1. The monoisotopic (exact) mass is 228 g/mol. The van der Waals surface area contributed by atoms with E-state index in [0.29, 0.717) is 12.4 Å². The molecule has 16 heavy (non-hydrogen) atoms. The number of aliphatic hydroxyl groups is 1. The maximum atomic E-state index is 11.3. The molecule has 0 aromatic heterocycles. The third-order valence-corrected chi connectivity index (χ3v) is 2.98. The van der Waals surface area contributed by atoms with Crippen LogP contribution in [0.3, 0.4) is 0 Å². The minimum atomic E-state index is 0.207. The van der Waals surface area contributed by atoms with Gasteiger partial charge in [-0.05, 0) is 12.8 Å². The second-order valence-corrected chi connectivity index (χ2v) is 4.92. The second-order valence-electron chi connectivity index (χ2n) is 4.92. The third-order valence-electron chi connectivity index (χ3n) is 2.98. The molecule has 0 spiro atoms. The Hall–Kier alpha value is -0.370. The van der Waals surface area contributed by atoms with Gasteiger partial charge in [0.25, 0.3) is 0 Å². The maximum absolute atomic E-state index is 11.3. The lowest BCUT2D eigenvalue weighted by Crippen LogP contribution is -2.05. The quantitative estimate of drug-likeness (QED) is 0.547. The highest BCUT2D eigenvalue weighted by Gasteiger charge is 2.05. The first-order valence-electron chi connectivity index (χ1n) is 6.82. The molecule has 0 aliphatic carbocycles. The number of rotatable bonds is 11. The van der Waals surface area contributed by atoms with Gasteiger partial charge in [-0.25, -0.2) is 0 Å². The van der Waals surface area contributed by atoms with Crippen molar-refractivity contribution < 1.29 is 9.90 Å². The molecule has 0 fully saturated rings. The van der Waals surface area contributed by atoms with Crippen molar-refractivity contribution in [2.75, 3.05) is 6.61 Å². The van der Waals surface area contributed by atoms with Crippen molar-refractivity contribution in [1.82, 2.24) is 0 Å².